The highest BCUT2D eigenvalue weighted by Gasteiger charge is 2.18. The van der Waals surface area contributed by atoms with Crippen LogP contribution < -0.4 is 4.74 Å². The number of methoxy groups -OCH3 is 1. The molecule has 3 rings (SSSR count). The molecule has 2 aromatic carbocycles. The smallest absolute Gasteiger partial charge is 0.165 e. The average Bonchev–Trinajstić information content (AvgIpc) is 2.93. The summed E-state index contributed by atoms with van der Waals surface area (Å²) in [5.74, 6) is 1.05. The number of aromatic hydroxyl groups is 1. The van der Waals surface area contributed by atoms with Gasteiger partial charge in [-0.05, 0) is 30.7 Å². The first-order chi connectivity index (χ1) is 11.2. The Morgan fingerprint density at radius 1 is 1.04 bits per heavy atom. The number of hydrogen-bond acceptors (Lipinski definition) is 3. The molecule has 0 aliphatic rings. The van der Waals surface area contributed by atoms with Crippen molar-refractivity contribution >= 4 is 0 Å². The van der Waals surface area contributed by atoms with E-state index in [0.717, 1.165) is 35.5 Å². The maximum Gasteiger partial charge on any atom is 0.165 e. The van der Waals surface area contributed by atoms with E-state index in [9.17, 15) is 5.11 Å². The fraction of sp³-hybridized carbons (Fsp3) is 0.211. The fourth-order valence-corrected chi connectivity index (χ4v) is 2.63. The van der Waals surface area contributed by atoms with Gasteiger partial charge in [0, 0.05) is 5.56 Å². The van der Waals surface area contributed by atoms with Crippen LogP contribution in [-0.2, 0) is 6.42 Å². The summed E-state index contributed by atoms with van der Waals surface area (Å²) in [4.78, 5) is 0. The average molecular weight is 308 g/mol. The Morgan fingerprint density at radius 3 is 2.35 bits per heavy atom. The third kappa shape index (κ3) is 2.93. The highest BCUT2D eigenvalue weighted by Crippen LogP contribution is 2.34. The lowest BCUT2D eigenvalue weighted by Crippen LogP contribution is -2.02. The van der Waals surface area contributed by atoms with Crippen LogP contribution in [0.3, 0.4) is 0 Å². The quantitative estimate of drug-likeness (QED) is 0.768. The van der Waals surface area contributed by atoms with E-state index in [4.69, 9.17) is 4.74 Å². The molecule has 0 atom stereocenters. The van der Waals surface area contributed by atoms with Crippen LogP contribution in [0, 0.1) is 0 Å². The molecule has 0 aliphatic heterocycles. The van der Waals surface area contributed by atoms with Crippen LogP contribution in [0.15, 0.2) is 54.6 Å². The lowest BCUT2D eigenvalue weighted by molar-refractivity contribution is 0.414. The van der Waals surface area contributed by atoms with Crippen molar-refractivity contribution in [2.24, 2.45) is 0 Å². The number of ether oxygens (including phenoxy) is 1. The van der Waals surface area contributed by atoms with Gasteiger partial charge >= 0.3 is 0 Å². The minimum absolute atomic E-state index is 0.258. The monoisotopic (exact) mass is 308 g/mol. The minimum atomic E-state index is 0.258. The van der Waals surface area contributed by atoms with E-state index in [1.807, 2.05) is 59.3 Å². The highest BCUT2D eigenvalue weighted by molar-refractivity contribution is 5.68. The van der Waals surface area contributed by atoms with E-state index >= 15 is 0 Å². The third-order valence-corrected chi connectivity index (χ3v) is 3.80. The maximum absolute atomic E-state index is 10.6. The molecule has 0 amide bonds. The number of hydrogen-bond donors (Lipinski definition) is 1. The highest BCUT2D eigenvalue weighted by atomic mass is 16.5. The van der Waals surface area contributed by atoms with Gasteiger partial charge in [-0.25, -0.2) is 4.68 Å². The van der Waals surface area contributed by atoms with Crippen molar-refractivity contribution < 1.29 is 9.84 Å². The summed E-state index contributed by atoms with van der Waals surface area (Å²) in [6, 6.07) is 17.4. The minimum Gasteiger partial charge on any atom is -0.504 e. The van der Waals surface area contributed by atoms with E-state index in [1.54, 1.807) is 7.11 Å². The molecule has 1 N–H and O–H groups in total. The number of rotatable bonds is 5. The summed E-state index contributed by atoms with van der Waals surface area (Å²) in [5, 5.41) is 15.3. The summed E-state index contributed by atoms with van der Waals surface area (Å²) >= 11 is 0. The lowest BCUT2D eigenvalue weighted by Gasteiger charge is -2.07. The molecular formula is C19H20N2O2. The van der Waals surface area contributed by atoms with Crippen LogP contribution in [0.25, 0.3) is 16.9 Å². The summed E-state index contributed by atoms with van der Waals surface area (Å²) < 4.78 is 7.02. The Bertz CT molecular complexity index is 777. The zero-order valence-corrected chi connectivity index (χ0v) is 13.4. The predicted molar refractivity (Wildman–Crippen MR) is 91.2 cm³/mol. The number of aromatic nitrogens is 2. The Morgan fingerprint density at radius 2 is 1.74 bits per heavy atom. The van der Waals surface area contributed by atoms with Crippen molar-refractivity contribution in [3.63, 3.8) is 0 Å². The van der Waals surface area contributed by atoms with Crippen molar-refractivity contribution in [2.45, 2.75) is 19.8 Å². The zero-order chi connectivity index (χ0) is 16.2. The Hall–Kier alpha value is -2.75. The molecule has 0 aliphatic carbocycles. The molecule has 0 radical (unpaired) electrons. The second kappa shape index (κ2) is 6.57. The van der Waals surface area contributed by atoms with Crippen molar-refractivity contribution in [3.05, 3.63) is 60.3 Å². The molecule has 1 aromatic heterocycles. The standard InChI is InChI=1S/C19H20N2O2/c1-3-7-17-19(22)18(14-8-5-4-6-9-14)20-21(17)15-10-12-16(23-2)13-11-15/h4-6,8-13,22H,3,7H2,1-2H3. The van der Waals surface area contributed by atoms with Crippen LogP contribution >= 0.6 is 0 Å². The largest absolute Gasteiger partial charge is 0.504 e. The van der Waals surface area contributed by atoms with E-state index in [0.29, 0.717) is 5.69 Å². The van der Waals surface area contributed by atoms with E-state index < -0.39 is 0 Å². The SMILES string of the molecule is CCCc1c(O)c(-c2ccccc2)nn1-c1ccc(OC)cc1. The molecule has 0 saturated heterocycles. The van der Waals surface area contributed by atoms with Crippen molar-refractivity contribution in [1.29, 1.82) is 0 Å². The summed E-state index contributed by atoms with van der Waals surface area (Å²) in [7, 11) is 1.64. The summed E-state index contributed by atoms with van der Waals surface area (Å²) in [6.07, 6.45) is 1.70. The number of benzene rings is 2. The van der Waals surface area contributed by atoms with Gasteiger partial charge in [0.15, 0.2) is 5.75 Å². The van der Waals surface area contributed by atoms with Gasteiger partial charge in [0.25, 0.3) is 0 Å². The topological polar surface area (TPSA) is 47.3 Å². The molecule has 4 nitrogen and oxygen atoms in total. The molecule has 3 aromatic rings. The maximum atomic E-state index is 10.6. The van der Waals surface area contributed by atoms with Crippen molar-refractivity contribution in [2.75, 3.05) is 7.11 Å². The Balaban J connectivity index is 2.11. The second-order valence-electron chi connectivity index (χ2n) is 5.37. The Kier molecular flexibility index (Phi) is 4.33. The molecule has 0 unspecified atom stereocenters. The molecule has 23 heavy (non-hydrogen) atoms. The van der Waals surface area contributed by atoms with Crippen LogP contribution in [-0.4, -0.2) is 22.0 Å². The molecule has 0 bridgehead atoms. The molecule has 0 saturated carbocycles. The van der Waals surface area contributed by atoms with Gasteiger partial charge in [-0.3, -0.25) is 0 Å². The van der Waals surface area contributed by atoms with Crippen LogP contribution in [0.2, 0.25) is 0 Å². The van der Waals surface area contributed by atoms with Crippen LogP contribution in [0.5, 0.6) is 11.5 Å². The molecule has 0 fully saturated rings. The van der Waals surface area contributed by atoms with E-state index in [1.165, 1.54) is 0 Å². The predicted octanol–water partition coefficient (Wildman–Crippen LogP) is 4.21. The summed E-state index contributed by atoms with van der Waals surface area (Å²) in [6.45, 7) is 2.09. The van der Waals surface area contributed by atoms with Gasteiger partial charge in [-0.15, -0.1) is 0 Å². The zero-order valence-electron chi connectivity index (χ0n) is 13.4. The van der Waals surface area contributed by atoms with Crippen molar-refractivity contribution in [3.8, 4) is 28.4 Å². The fourth-order valence-electron chi connectivity index (χ4n) is 2.63. The lowest BCUT2D eigenvalue weighted by atomic mass is 10.1. The molecule has 1 heterocycles. The molecule has 118 valence electrons. The summed E-state index contributed by atoms with van der Waals surface area (Å²) in [5.41, 5.74) is 3.27. The normalized spacial score (nSPS) is 10.7. The van der Waals surface area contributed by atoms with Crippen LogP contribution in [0.4, 0.5) is 0 Å². The van der Waals surface area contributed by atoms with Gasteiger partial charge < -0.3 is 9.84 Å². The second-order valence-corrected chi connectivity index (χ2v) is 5.37. The van der Waals surface area contributed by atoms with Crippen molar-refractivity contribution in [1.82, 2.24) is 9.78 Å². The van der Waals surface area contributed by atoms with Gasteiger partial charge in [0.1, 0.15) is 11.4 Å². The third-order valence-electron chi connectivity index (χ3n) is 3.80. The molecule has 4 heteroatoms. The van der Waals surface area contributed by atoms with E-state index in [2.05, 4.69) is 12.0 Å². The first kappa shape index (κ1) is 15.2. The first-order valence-electron chi connectivity index (χ1n) is 7.75. The van der Waals surface area contributed by atoms with Gasteiger partial charge in [0.2, 0.25) is 0 Å². The number of nitrogens with zero attached hydrogens (tertiary/aromatic N) is 2. The van der Waals surface area contributed by atoms with Crippen LogP contribution in [0.1, 0.15) is 19.0 Å². The molecule has 0 spiro atoms. The molecular weight excluding hydrogens is 288 g/mol. The Labute approximate surface area is 136 Å². The van der Waals surface area contributed by atoms with Gasteiger partial charge in [0.05, 0.1) is 18.5 Å². The van der Waals surface area contributed by atoms with Gasteiger partial charge in [-0.2, -0.15) is 5.10 Å². The van der Waals surface area contributed by atoms with E-state index in [-0.39, 0.29) is 5.75 Å². The van der Waals surface area contributed by atoms with Gasteiger partial charge in [-0.1, -0.05) is 43.7 Å². The first-order valence-corrected chi connectivity index (χ1v) is 7.75.